The molecule has 6 aromatic heterocycles. The fourth-order valence-corrected chi connectivity index (χ4v) is 22.0. The van der Waals surface area contributed by atoms with Crippen LogP contribution in [0.2, 0.25) is 0 Å². The Hall–Kier alpha value is -16.9. The zero-order chi connectivity index (χ0) is 101. The highest BCUT2D eigenvalue weighted by atomic mass is 19.4. The molecule has 6 heterocycles. The minimum Gasteiger partial charge on any atom is -0.309 e. The van der Waals surface area contributed by atoms with E-state index in [9.17, 15) is 10.5 Å². The highest BCUT2D eigenvalue weighted by molar-refractivity contribution is 6.17. The van der Waals surface area contributed by atoms with Crippen molar-refractivity contribution < 1.29 is 39.5 Å². The first-order valence-corrected chi connectivity index (χ1v) is 47.9. The quantitative estimate of drug-likeness (QED) is 0.135. The first kappa shape index (κ1) is 92.2. The molecule has 0 atom stereocenters. The Kier molecular flexibility index (Phi) is 22.1. The Morgan fingerprint density at radius 2 is 0.354 bits per heavy atom. The number of fused-ring (bicyclic) bond motifs is 18. The van der Waals surface area contributed by atoms with E-state index in [1.165, 1.54) is 18.2 Å². The number of benzene rings is 18. The molecule has 0 fully saturated rings. The normalized spacial score (nSPS) is 12.1. The van der Waals surface area contributed by atoms with Gasteiger partial charge in [0.25, 0.3) is 0 Å². The number of hydrogen-bond acceptors (Lipinski definition) is 2. The van der Waals surface area contributed by atoms with Crippen LogP contribution in [0.25, 0.3) is 198 Å². The number of aromatic nitrogens is 6. The Labute approximate surface area is 825 Å². The van der Waals surface area contributed by atoms with Crippen molar-refractivity contribution in [1.82, 2.24) is 27.4 Å². The molecule has 0 aliphatic rings. The van der Waals surface area contributed by atoms with Crippen molar-refractivity contribution in [3.05, 3.63) is 427 Å². The fraction of sp³-hybridized carbons (Fsp3) is 0.134. The van der Waals surface area contributed by atoms with Gasteiger partial charge in [0.05, 0.1) is 140 Å². The highest BCUT2D eigenvalue weighted by Crippen LogP contribution is 2.53. The second-order valence-corrected chi connectivity index (χ2v) is 39.1. The van der Waals surface area contributed by atoms with Crippen molar-refractivity contribution in [2.45, 2.75) is 115 Å². The number of alkyl halides is 9. The minimum absolute atomic E-state index is 0.0519. The van der Waals surface area contributed by atoms with Gasteiger partial charge in [0.2, 0.25) is 0 Å². The van der Waals surface area contributed by atoms with Gasteiger partial charge in [-0.2, -0.15) is 50.0 Å². The smallest absolute Gasteiger partial charge is 0.309 e. The van der Waals surface area contributed by atoms with E-state index in [0.717, 1.165) is 192 Å². The third kappa shape index (κ3) is 15.5. The molecule has 0 aliphatic heterocycles. The monoisotopic (exact) mass is 1900 g/mol. The summed E-state index contributed by atoms with van der Waals surface area (Å²) < 4.78 is 148. The molecule has 0 spiro atoms. The lowest BCUT2D eigenvalue weighted by Gasteiger charge is -2.23. The third-order valence-electron chi connectivity index (χ3n) is 28.4. The third-order valence-corrected chi connectivity index (χ3v) is 28.4. The van der Waals surface area contributed by atoms with E-state index in [4.69, 9.17) is 0 Å². The van der Waals surface area contributed by atoms with Crippen LogP contribution in [0.4, 0.5) is 39.5 Å². The number of hydrogen-bond donors (Lipinski definition) is 0. The van der Waals surface area contributed by atoms with Gasteiger partial charge >= 0.3 is 18.5 Å². The van der Waals surface area contributed by atoms with Crippen LogP contribution in [0.1, 0.15) is 106 Å². The van der Waals surface area contributed by atoms with Gasteiger partial charge in [0.15, 0.2) is 0 Å². The number of aryl methyl sites for hydroxylation is 14. The zero-order valence-corrected chi connectivity index (χ0v) is 81.6. The summed E-state index contributed by atoms with van der Waals surface area (Å²) in [5.41, 5.74) is 27.4. The Morgan fingerprint density at radius 3 is 0.590 bits per heavy atom. The van der Waals surface area contributed by atoms with Crippen LogP contribution in [0.3, 0.4) is 0 Å². The van der Waals surface area contributed by atoms with Crippen molar-refractivity contribution in [1.29, 1.82) is 10.5 Å². The number of halogens is 9. The molecule has 706 valence electrons. The SMILES string of the molecule is Cc1cc(-n2c3ccccc3c3cc(C)ccc32)c(-c2ccc(C)cc2C(F)(F)F)c(-n2c3ccccc3c3cc(C)ccc32)c1.Cc1ccc(-c2c(-n3c4cc(C)ccc4c4ccc(C)cc43)cc(C#N)cc2-n2c3cc(C)ccc3c3ccc(C)cc32)c(C(F)(F)F)c1.Cc1ccc(-c2c(-n3c4ccc(C)cc4c4cc(C)ccc43)cc(C#N)cc2-n2c3ccc(C)cc3c3cc(C)ccc32)c(C(F)(F)F)c1. The molecule has 24 aromatic rings. The van der Waals surface area contributed by atoms with E-state index in [2.05, 4.69) is 202 Å². The van der Waals surface area contributed by atoms with Gasteiger partial charge in [0, 0.05) is 81.3 Å². The maximum Gasteiger partial charge on any atom is 0.417 e. The summed E-state index contributed by atoms with van der Waals surface area (Å²) in [5.74, 6) is 0. The van der Waals surface area contributed by atoms with E-state index in [1.807, 2.05) is 156 Å². The molecule has 0 amide bonds. The number of nitriles is 2. The summed E-state index contributed by atoms with van der Waals surface area (Å²) >= 11 is 0. The van der Waals surface area contributed by atoms with Gasteiger partial charge in [-0.15, -0.1) is 0 Å². The van der Waals surface area contributed by atoms with Gasteiger partial charge < -0.3 is 27.4 Å². The van der Waals surface area contributed by atoms with Crippen LogP contribution in [-0.2, 0) is 18.5 Å². The van der Waals surface area contributed by atoms with E-state index in [1.54, 1.807) is 81.4 Å². The average Bonchev–Trinajstić information content (AvgIpc) is 1.54. The van der Waals surface area contributed by atoms with E-state index >= 15 is 39.5 Å². The van der Waals surface area contributed by atoms with E-state index < -0.39 is 35.2 Å². The van der Waals surface area contributed by atoms with Crippen LogP contribution in [-0.4, -0.2) is 27.4 Å². The van der Waals surface area contributed by atoms with Crippen molar-refractivity contribution in [3.63, 3.8) is 0 Å². The molecule has 0 radical (unpaired) electrons. The predicted octanol–water partition coefficient (Wildman–Crippen LogP) is 35.8. The molecule has 0 N–H and O–H groups in total. The molecule has 0 saturated carbocycles. The van der Waals surface area contributed by atoms with Crippen molar-refractivity contribution in [2.24, 2.45) is 0 Å². The van der Waals surface area contributed by atoms with Gasteiger partial charge in [-0.1, -0.05) is 208 Å². The molecular formula is C127H95F9N8. The zero-order valence-electron chi connectivity index (χ0n) is 81.6. The first-order chi connectivity index (χ1) is 68.9. The summed E-state index contributed by atoms with van der Waals surface area (Å²) in [6.07, 6.45) is -13.8. The lowest BCUT2D eigenvalue weighted by Crippen LogP contribution is -2.11. The first-order valence-electron chi connectivity index (χ1n) is 47.9. The largest absolute Gasteiger partial charge is 0.417 e. The van der Waals surface area contributed by atoms with Crippen molar-refractivity contribution in [3.8, 4) is 79.6 Å². The Morgan fingerprint density at radius 1 is 0.174 bits per heavy atom. The van der Waals surface area contributed by atoms with Gasteiger partial charge in [0.1, 0.15) is 0 Å². The Bertz CT molecular complexity index is 9020. The molecule has 17 heteroatoms. The molecule has 24 rings (SSSR count). The lowest BCUT2D eigenvalue weighted by atomic mass is 9.92. The summed E-state index contributed by atoms with van der Waals surface area (Å²) in [7, 11) is 0. The van der Waals surface area contributed by atoms with E-state index in [0.29, 0.717) is 78.6 Å². The summed E-state index contributed by atoms with van der Waals surface area (Å²) in [6, 6.07) is 108. The number of rotatable bonds is 9. The van der Waals surface area contributed by atoms with Crippen LogP contribution in [0.15, 0.2) is 322 Å². The molecule has 0 saturated heterocycles. The number of nitrogens with zero attached hydrogens (tertiary/aromatic N) is 8. The van der Waals surface area contributed by atoms with Crippen LogP contribution < -0.4 is 0 Å². The molecule has 8 nitrogen and oxygen atoms in total. The number of para-hydroxylation sites is 2. The summed E-state index contributed by atoms with van der Waals surface area (Å²) in [6.45, 7) is 27.4. The lowest BCUT2D eigenvalue weighted by molar-refractivity contribution is -0.137. The van der Waals surface area contributed by atoms with Crippen LogP contribution in [0, 0.1) is 120 Å². The predicted molar refractivity (Wildman–Crippen MR) is 572 cm³/mol. The fourth-order valence-electron chi connectivity index (χ4n) is 22.0. The molecule has 0 unspecified atom stereocenters. The van der Waals surface area contributed by atoms with Crippen molar-refractivity contribution in [2.75, 3.05) is 0 Å². The Balaban J connectivity index is 0.000000123. The molecular weight excluding hydrogens is 1810 g/mol. The molecule has 144 heavy (non-hydrogen) atoms. The van der Waals surface area contributed by atoms with Crippen LogP contribution >= 0.6 is 0 Å². The van der Waals surface area contributed by atoms with E-state index in [-0.39, 0.29) is 16.7 Å². The van der Waals surface area contributed by atoms with Gasteiger partial charge in [-0.25, -0.2) is 0 Å². The maximum atomic E-state index is 15.2. The van der Waals surface area contributed by atoms with Gasteiger partial charge in [-0.05, 0) is 305 Å². The molecule has 18 aromatic carbocycles. The highest BCUT2D eigenvalue weighted by Gasteiger charge is 2.41. The topological polar surface area (TPSA) is 77.2 Å². The van der Waals surface area contributed by atoms with Crippen molar-refractivity contribution >= 4 is 131 Å². The summed E-state index contributed by atoms with van der Waals surface area (Å²) in [5, 5.41) is 33.2. The minimum atomic E-state index is -4.63. The molecule has 0 aliphatic carbocycles. The summed E-state index contributed by atoms with van der Waals surface area (Å²) in [4.78, 5) is 0. The molecule has 0 bridgehead atoms. The van der Waals surface area contributed by atoms with Crippen LogP contribution in [0.5, 0.6) is 0 Å². The van der Waals surface area contributed by atoms with Gasteiger partial charge in [-0.3, -0.25) is 0 Å². The standard InChI is InChI=1S/2C43H32F3N3.C41H31F3N2/c1-24-10-15-34(35(16-24)43(44,45)46)42-40(48-36-17-25(2)6-11-30(36)31-12-7-26(3)18-37(31)48)21-29(23-47)22-41(42)49-38-19-27(4)8-13-32(38)33-14-9-28(5)20-39(33)49;1-24-7-12-36-31(16-24)32-17-25(2)8-13-37(32)48(36)40-21-29(23-47)22-41(42(40)30-11-6-28(5)20-35(30)43(44,45)46)49-38-14-9-26(3)18-33(38)34-19-27(4)10-15-39(34)49;1-24-14-17-36-31(19-24)28-9-5-7-11-34(28)45(36)38-22-27(4)23-39(40(38)30-16-13-26(3)21-33(30)41(42,43)44)46-35-12-8-6-10-29(35)32-20-25(2)15-18-37(32)46/h2*6-22H,1-5H3;5-23H,1-4H3. The maximum absolute atomic E-state index is 15.2. The second-order valence-electron chi connectivity index (χ2n) is 39.1. The second kappa shape index (κ2) is 34.5. The average molecular weight is 1900 g/mol.